The van der Waals surface area contributed by atoms with Gasteiger partial charge >= 0.3 is 0 Å². The number of amides is 1. The van der Waals surface area contributed by atoms with Crippen molar-refractivity contribution >= 4 is 17.7 Å². The van der Waals surface area contributed by atoms with Crippen LogP contribution >= 0.6 is 11.8 Å². The number of pyridine rings is 2. The molecule has 1 N–H and O–H groups in total. The molecule has 2 rings (SSSR count). The van der Waals surface area contributed by atoms with Crippen LogP contribution in [0.4, 0.5) is 0 Å². The normalized spacial score (nSPS) is 11.8. The van der Waals surface area contributed by atoms with Crippen LogP contribution in [0.15, 0.2) is 53.9 Å². The average Bonchev–Trinajstić information content (AvgIpc) is 2.47. The molecule has 2 aromatic heterocycles. The molecule has 0 saturated carbocycles. The number of hydrogen-bond acceptors (Lipinski definition) is 4. The van der Waals surface area contributed by atoms with Crippen molar-refractivity contribution < 1.29 is 4.79 Å². The summed E-state index contributed by atoms with van der Waals surface area (Å²) in [7, 11) is 0. The Balaban J connectivity index is 1.74. The monoisotopic (exact) mass is 287 g/mol. The first-order chi connectivity index (χ1) is 9.74. The van der Waals surface area contributed by atoms with Crippen LogP contribution < -0.4 is 5.32 Å². The second-order valence-electron chi connectivity index (χ2n) is 4.51. The first kappa shape index (κ1) is 14.5. The van der Waals surface area contributed by atoms with Crippen LogP contribution in [-0.4, -0.2) is 27.7 Å². The fourth-order valence-corrected chi connectivity index (χ4v) is 2.52. The molecule has 104 valence electrons. The van der Waals surface area contributed by atoms with Crippen molar-refractivity contribution in [2.75, 3.05) is 5.75 Å². The van der Waals surface area contributed by atoms with Gasteiger partial charge in [-0.2, -0.15) is 0 Å². The number of rotatable bonds is 6. The lowest BCUT2D eigenvalue weighted by Crippen LogP contribution is -2.35. The highest BCUT2D eigenvalue weighted by atomic mass is 32.2. The maximum absolute atomic E-state index is 11.9. The third-order valence-electron chi connectivity index (χ3n) is 2.69. The highest BCUT2D eigenvalue weighted by Crippen LogP contribution is 2.15. The zero-order valence-corrected chi connectivity index (χ0v) is 12.1. The minimum Gasteiger partial charge on any atom is -0.353 e. The van der Waals surface area contributed by atoms with Crippen LogP contribution in [0.1, 0.15) is 12.5 Å². The minimum absolute atomic E-state index is 0.0446. The number of thioether (sulfide) groups is 1. The van der Waals surface area contributed by atoms with Crippen molar-refractivity contribution in [2.45, 2.75) is 24.3 Å². The van der Waals surface area contributed by atoms with Crippen LogP contribution in [0.25, 0.3) is 0 Å². The Kier molecular flexibility index (Phi) is 5.55. The molecule has 0 aromatic carbocycles. The smallest absolute Gasteiger partial charge is 0.230 e. The lowest BCUT2D eigenvalue weighted by molar-refractivity contribution is -0.119. The third-order valence-corrected chi connectivity index (χ3v) is 3.70. The number of aromatic nitrogens is 2. The summed E-state index contributed by atoms with van der Waals surface area (Å²) >= 11 is 1.51. The Labute approximate surface area is 123 Å². The largest absolute Gasteiger partial charge is 0.353 e. The molecule has 0 radical (unpaired) electrons. The van der Waals surface area contributed by atoms with Crippen molar-refractivity contribution in [1.82, 2.24) is 15.3 Å². The summed E-state index contributed by atoms with van der Waals surface area (Å²) in [5.41, 5.74) is 1.13. The molecule has 0 bridgehead atoms. The Bertz CT molecular complexity index is 533. The molecule has 4 nitrogen and oxygen atoms in total. The summed E-state index contributed by atoms with van der Waals surface area (Å²) in [5.74, 6) is 0.463. The van der Waals surface area contributed by atoms with Gasteiger partial charge in [0.15, 0.2) is 0 Å². The van der Waals surface area contributed by atoms with E-state index < -0.39 is 0 Å². The van der Waals surface area contributed by atoms with Crippen molar-refractivity contribution in [1.29, 1.82) is 0 Å². The zero-order valence-electron chi connectivity index (χ0n) is 11.3. The van der Waals surface area contributed by atoms with Gasteiger partial charge in [0.1, 0.15) is 0 Å². The molecule has 1 unspecified atom stereocenters. The standard InChI is InChI=1S/C15H17N3OS/c1-12(9-13-3-2-6-17-10-13)18-15(19)11-20-14-4-7-16-8-5-14/h2-8,10,12H,9,11H2,1H3,(H,18,19). The second kappa shape index (κ2) is 7.65. The van der Waals surface area contributed by atoms with Crippen LogP contribution in [0.3, 0.4) is 0 Å². The van der Waals surface area contributed by atoms with Gasteiger partial charge in [0, 0.05) is 35.7 Å². The lowest BCUT2D eigenvalue weighted by Gasteiger charge is -2.13. The van der Waals surface area contributed by atoms with E-state index in [0.717, 1.165) is 16.9 Å². The zero-order chi connectivity index (χ0) is 14.2. The van der Waals surface area contributed by atoms with Crippen molar-refractivity contribution in [2.24, 2.45) is 0 Å². The molecular weight excluding hydrogens is 270 g/mol. The number of nitrogens with zero attached hydrogens (tertiary/aromatic N) is 2. The number of carbonyl (C=O) groups is 1. The topological polar surface area (TPSA) is 54.9 Å². The first-order valence-corrected chi connectivity index (χ1v) is 7.43. The van der Waals surface area contributed by atoms with Crippen LogP contribution in [0.5, 0.6) is 0 Å². The van der Waals surface area contributed by atoms with Crippen molar-refractivity contribution in [3.05, 3.63) is 54.6 Å². The van der Waals surface area contributed by atoms with E-state index in [2.05, 4.69) is 15.3 Å². The second-order valence-corrected chi connectivity index (χ2v) is 5.55. The van der Waals surface area contributed by atoms with Gasteiger partial charge in [-0.05, 0) is 37.1 Å². The Morgan fingerprint density at radius 1 is 1.25 bits per heavy atom. The molecule has 0 saturated heterocycles. The molecule has 0 aliphatic heterocycles. The van der Waals surface area contributed by atoms with E-state index in [1.54, 1.807) is 18.6 Å². The van der Waals surface area contributed by atoms with Gasteiger partial charge in [-0.25, -0.2) is 0 Å². The van der Waals surface area contributed by atoms with Crippen LogP contribution in [0.2, 0.25) is 0 Å². The van der Waals surface area contributed by atoms with Gasteiger partial charge in [-0.1, -0.05) is 6.07 Å². The third kappa shape index (κ3) is 5.01. The van der Waals surface area contributed by atoms with E-state index in [1.165, 1.54) is 11.8 Å². The Hall–Kier alpha value is -1.88. The average molecular weight is 287 g/mol. The van der Waals surface area contributed by atoms with E-state index in [9.17, 15) is 4.79 Å². The van der Waals surface area contributed by atoms with Gasteiger partial charge in [0.2, 0.25) is 5.91 Å². The summed E-state index contributed by atoms with van der Waals surface area (Å²) < 4.78 is 0. The highest BCUT2D eigenvalue weighted by molar-refractivity contribution is 8.00. The van der Waals surface area contributed by atoms with E-state index in [-0.39, 0.29) is 11.9 Å². The maximum atomic E-state index is 11.9. The van der Waals surface area contributed by atoms with Gasteiger partial charge < -0.3 is 5.32 Å². The molecule has 5 heteroatoms. The van der Waals surface area contributed by atoms with E-state index in [0.29, 0.717) is 5.75 Å². The fraction of sp³-hybridized carbons (Fsp3) is 0.267. The molecule has 0 spiro atoms. The molecule has 2 heterocycles. The predicted molar refractivity (Wildman–Crippen MR) is 80.5 cm³/mol. The van der Waals surface area contributed by atoms with E-state index in [4.69, 9.17) is 0 Å². The first-order valence-electron chi connectivity index (χ1n) is 6.45. The maximum Gasteiger partial charge on any atom is 0.230 e. The molecule has 0 aliphatic rings. The summed E-state index contributed by atoms with van der Waals surface area (Å²) in [6.07, 6.45) is 7.82. The number of carbonyl (C=O) groups excluding carboxylic acids is 1. The summed E-state index contributed by atoms with van der Waals surface area (Å²) in [6, 6.07) is 7.82. The Morgan fingerprint density at radius 3 is 2.75 bits per heavy atom. The van der Waals surface area contributed by atoms with E-state index in [1.807, 2.05) is 37.4 Å². The fourth-order valence-electron chi connectivity index (χ4n) is 1.82. The van der Waals surface area contributed by atoms with Gasteiger partial charge in [0.25, 0.3) is 0 Å². The van der Waals surface area contributed by atoms with Crippen LogP contribution in [0, 0.1) is 0 Å². The Morgan fingerprint density at radius 2 is 2.05 bits per heavy atom. The van der Waals surface area contributed by atoms with Crippen molar-refractivity contribution in [3.63, 3.8) is 0 Å². The molecule has 0 aliphatic carbocycles. The van der Waals surface area contributed by atoms with Gasteiger partial charge in [-0.3, -0.25) is 14.8 Å². The van der Waals surface area contributed by atoms with Gasteiger partial charge in [-0.15, -0.1) is 11.8 Å². The molecular formula is C15H17N3OS. The molecule has 1 atom stereocenters. The molecule has 0 fully saturated rings. The summed E-state index contributed by atoms with van der Waals surface area (Å²) in [4.78, 5) is 20.9. The van der Waals surface area contributed by atoms with Crippen LogP contribution in [-0.2, 0) is 11.2 Å². The van der Waals surface area contributed by atoms with Crippen molar-refractivity contribution in [3.8, 4) is 0 Å². The van der Waals surface area contributed by atoms with Gasteiger partial charge in [0.05, 0.1) is 5.75 Å². The predicted octanol–water partition coefficient (Wildman–Crippen LogP) is 2.32. The molecule has 20 heavy (non-hydrogen) atoms. The SMILES string of the molecule is CC(Cc1cccnc1)NC(=O)CSc1ccncc1. The quantitative estimate of drug-likeness (QED) is 0.828. The lowest BCUT2D eigenvalue weighted by atomic mass is 10.1. The summed E-state index contributed by atoms with van der Waals surface area (Å²) in [6.45, 7) is 2.00. The van der Waals surface area contributed by atoms with E-state index >= 15 is 0 Å². The minimum atomic E-state index is 0.0446. The molecule has 2 aromatic rings. The number of nitrogens with one attached hydrogen (secondary N) is 1. The number of hydrogen-bond donors (Lipinski definition) is 1. The molecule has 1 amide bonds. The highest BCUT2D eigenvalue weighted by Gasteiger charge is 2.08. The summed E-state index contributed by atoms with van der Waals surface area (Å²) in [5, 5.41) is 3.00.